The molecule has 2 aromatic carbocycles. The molecule has 0 bridgehead atoms. The van der Waals surface area contributed by atoms with Gasteiger partial charge in [0.15, 0.2) is 11.5 Å². The maximum Gasteiger partial charge on any atom is 0.321 e. The zero-order valence-corrected chi connectivity index (χ0v) is 17.4. The molecule has 2 aromatic rings. The molecule has 0 unspecified atom stereocenters. The highest BCUT2D eigenvalue weighted by Crippen LogP contribution is 2.32. The lowest BCUT2D eigenvalue weighted by Gasteiger charge is -2.36. The van der Waals surface area contributed by atoms with Gasteiger partial charge in [-0.05, 0) is 35.2 Å². The molecule has 0 aromatic heterocycles. The van der Waals surface area contributed by atoms with Crippen LogP contribution in [0.15, 0.2) is 42.5 Å². The summed E-state index contributed by atoms with van der Waals surface area (Å²) in [5.41, 5.74) is 3.42. The molecule has 154 valence electrons. The van der Waals surface area contributed by atoms with E-state index in [1.54, 1.807) is 0 Å². The number of amides is 2. The summed E-state index contributed by atoms with van der Waals surface area (Å²) < 4.78 is 11.1. The van der Waals surface area contributed by atoms with Crippen molar-refractivity contribution < 1.29 is 14.3 Å². The summed E-state index contributed by atoms with van der Waals surface area (Å²) in [5, 5.41) is 2.97. The maximum absolute atomic E-state index is 12.7. The summed E-state index contributed by atoms with van der Waals surface area (Å²) in [6.45, 7) is 10.8. The van der Waals surface area contributed by atoms with Crippen LogP contribution >= 0.6 is 0 Å². The number of benzene rings is 2. The van der Waals surface area contributed by atoms with Crippen LogP contribution in [-0.2, 0) is 5.41 Å². The van der Waals surface area contributed by atoms with Crippen LogP contribution in [0, 0.1) is 0 Å². The van der Waals surface area contributed by atoms with E-state index in [9.17, 15) is 4.79 Å². The van der Waals surface area contributed by atoms with E-state index in [0.717, 1.165) is 24.5 Å². The second kappa shape index (κ2) is 7.85. The number of hydrogen-bond donors (Lipinski definition) is 1. The normalized spacial score (nSPS) is 16.5. The Labute approximate surface area is 172 Å². The van der Waals surface area contributed by atoms with E-state index >= 15 is 0 Å². The number of nitrogens with zero attached hydrogens (tertiary/aromatic N) is 2. The van der Waals surface area contributed by atoms with Crippen LogP contribution in [0.5, 0.6) is 11.5 Å². The summed E-state index contributed by atoms with van der Waals surface area (Å²) in [5.74, 6) is 1.40. The molecular formula is C23H29N3O3. The lowest BCUT2D eigenvalue weighted by atomic mass is 9.87. The van der Waals surface area contributed by atoms with E-state index in [-0.39, 0.29) is 11.4 Å². The average molecular weight is 396 g/mol. The lowest BCUT2D eigenvalue weighted by Crippen LogP contribution is -2.50. The molecule has 4 rings (SSSR count). The molecule has 29 heavy (non-hydrogen) atoms. The molecule has 0 saturated carbocycles. The molecule has 1 N–H and O–H groups in total. The molecule has 1 saturated heterocycles. The molecule has 2 amide bonds. The number of hydrogen-bond acceptors (Lipinski definition) is 4. The third-order valence-corrected chi connectivity index (χ3v) is 5.46. The van der Waals surface area contributed by atoms with Crippen LogP contribution in [0.3, 0.4) is 0 Å². The van der Waals surface area contributed by atoms with Crippen LogP contribution < -0.4 is 19.7 Å². The van der Waals surface area contributed by atoms with Gasteiger partial charge in [0.2, 0.25) is 0 Å². The van der Waals surface area contributed by atoms with Crippen molar-refractivity contribution in [2.24, 2.45) is 0 Å². The number of anilines is 2. The van der Waals surface area contributed by atoms with Crippen LogP contribution in [0.1, 0.15) is 26.3 Å². The number of carbonyl (C=O) groups is 1. The van der Waals surface area contributed by atoms with Gasteiger partial charge in [0.25, 0.3) is 0 Å². The van der Waals surface area contributed by atoms with E-state index in [1.165, 1.54) is 11.3 Å². The van der Waals surface area contributed by atoms with Gasteiger partial charge < -0.3 is 24.6 Å². The number of urea groups is 1. The van der Waals surface area contributed by atoms with E-state index in [4.69, 9.17) is 9.47 Å². The highest BCUT2D eigenvalue weighted by Gasteiger charge is 2.22. The second-order valence-electron chi connectivity index (χ2n) is 8.56. The van der Waals surface area contributed by atoms with Crippen LogP contribution in [0.2, 0.25) is 0 Å². The van der Waals surface area contributed by atoms with Gasteiger partial charge in [-0.15, -0.1) is 0 Å². The SMILES string of the molecule is CC(C)(C)c1ccc(N2CCN(C(=O)Nc3ccc4c(c3)OCCO4)CC2)cc1. The fraction of sp³-hybridized carbons (Fsp3) is 0.435. The molecule has 2 aliphatic heterocycles. The highest BCUT2D eigenvalue weighted by atomic mass is 16.6. The van der Waals surface area contributed by atoms with Gasteiger partial charge in [0.05, 0.1) is 0 Å². The number of carbonyl (C=O) groups excluding carboxylic acids is 1. The Morgan fingerprint density at radius 3 is 2.21 bits per heavy atom. The largest absolute Gasteiger partial charge is 0.486 e. The van der Waals surface area contributed by atoms with Gasteiger partial charge in [0, 0.05) is 43.6 Å². The third kappa shape index (κ3) is 4.42. The Morgan fingerprint density at radius 1 is 0.897 bits per heavy atom. The van der Waals surface area contributed by atoms with Crippen molar-refractivity contribution in [3.63, 3.8) is 0 Å². The molecule has 6 heteroatoms. The number of piperazine rings is 1. The minimum Gasteiger partial charge on any atom is -0.486 e. The predicted octanol–water partition coefficient (Wildman–Crippen LogP) is 4.11. The first-order valence-corrected chi connectivity index (χ1v) is 10.2. The summed E-state index contributed by atoms with van der Waals surface area (Å²) >= 11 is 0. The van der Waals surface area contributed by atoms with Crippen molar-refractivity contribution in [1.29, 1.82) is 0 Å². The molecule has 6 nitrogen and oxygen atoms in total. The van der Waals surface area contributed by atoms with E-state index in [0.29, 0.717) is 32.1 Å². The first-order chi connectivity index (χ1) is 13.9. The maximum atomic E-state index is 12.7. The Hall–Kier alpha value is -2.89. The molecule has 0 atom stereocenters. The first kappa shape index (κ1) is 19.4. The van der Waals surface area contributed by atoms with E-state index in [2.05, 4.69) is 55.3 Å². The fourth-order valence-corrected chi connectivity index (χ4v) is 3.66. The molecule has 1 fully saturated rings. The Morgan fingerprint density at radius 2 is 1.55 bits per heavy atom. The van der Waals surface area contributed by atoms with Crippen LogP contribution in [-0.4, -0.2) is 50.3 Å². The van der Waals surface area contributed by atoms with Crippen molar-refractivity contribution in [2.75, 3.05) is 49.6 Å². The van der Waals surface area contributed by atoms with Gasteiger partial charge in [0.1, 0.15) is 13.2 Å². The Bertz CT molecular complexity index is 866. The van der Waals surface area contributed by atoms with Crippen LogP contribution in [0.25, 0.3) is 0 Å². The monoisotopic (exact) mass is 395 g/mol. The molecule has 0 aliphatic carbocycles. The van der Waals surface area contributed by atoms with Crippen molar-refractivity contribution in [3.05, 3.63) is 48.0 Å². The smallest absolute Gasteiger partial charge is 0.321 e. The molecule has 0 spiro atoms. The zero-order valence-electron chi connectivity index (χ0n) is 17.4. The fourth-order valence-electron chi connectivity index (χ4n) is 3.66. The van der Waals surface area contributed by atoms with Gasteiger partial charge in [-0.2, -0.15) is 0 Å². The highest BCUT2D eigenvalue weighted by molar-refractivity contribution is 5.90. The Balaban J connectivity index is 1.33. The van der Waals surface area contributed by atoms with Gasteiger partial charge in [-0.3, -0.25) is 0 Å². The zero-order chi connectivity index (χ0) is 20.4. The van der Waals surface area contributed by atoms with Crippen LogP contribution in [0.4, 0.5) is 16.2 Å². The number of ether oxygens (including phenoxy) is 2. The van der Waals surface area contributed by atoms with E-state index in [1.807, 2.05) is 23.1 Å². The second-order valence-corrected chi connectivity index (χ2v) is 8.56. The van der Waals surface area contributed by atoms with Crippen molar-refractivity contribution in [1.82, 2.24) is 4.90 Å². The number of nitrogens with one attached hydrogen (secondary N) is 1. The standard InChI is InChI=1S/C23H29N3O3/c1-23(2,3)17-4-7-19(8-5-17)25-10-12-26(13-11-25)22(27)24-18-6-9-20-21(16-18)29-15-14-28-20/h4-9,16H,10-15H2,1-3H3,(H,24,27). The third-order valence-electron chi connectivity index (χ3n) is 5.46. The summed E-state index contributed by atoms with van der Waals surface area (Å²) in [6, 6.07) is 14.2. The van der Waals surface area contributed by atoms with E-state index < -0.39 is 0 Å². The van der Waals surface area contributed by atoms with Crippen molar-refractivity contribution in [2.45, 2.75) is 26.2 Å². The van der Waals surface area contributed by atoms with Crippen molar-refractivity contribution in [3.8, 4) is 11.5 Å². The number of rotatable bonds is 2. The van der Waals surface area contributed by atoms with Crippen molar-refractivity contribution >= 4 is 17.4 Å². The summed E-state index contributed by atoms with van der Waals surface area (Å²) in [4.78, 5) is 16.8. The molecule has 2 aliphatic rings. The summed E-state index contributed by atoms with van der Waals surface area (Å²) in [6.07, 6.45) is 0. The molecule has 0 radical (unpaired) electrons. The average Bonchev–Trinajstić information content (AvgIpc) is 2.73. The molecule has 2 heterocycles. The summed E-state index contributed by atoms with van der Waals surface area (Å²) in [7, 11) is 0. The van der Waals surface area contributed by atoms with Gasteiger partial charge in [-0.25, -0.2) is 4.79 Å². The minimum absolute atomic E-state index is 0.0793. The predicted molar refractivity (Wildman–Crippen MR) is 115 cm³/mol. The number of fused-ring (bicyclic) bond motifs is 1. The molecular weight excluding hydrogens is 366 g/mol. The van der Waals surface area contributed by atoms with Gasteiger partial charge in [-0.1, -0.05) is 32.9 Å². The topological polar surface area (TPSA) is 54.0 Å². The first-order valence-electron chi connectivity index (χ1n) is 10.2. The Kier molecular flexibility index (Phi) is 5.26. The minimum atomic E-state index is -0.0793. The quantitative estimate of drug-likeness (QED) is 0.832. The van der Waals surface area contributed by atoms with Gasteiger partial charge >= 0.3 is 6.03 Å². The lowest BCUT2D eigenvalue weighted by molar-refractivity contribution is 0.171.